The monoisotopic (exact) mass is 425 g/mol. The molecule has 0 amide bonds. The minimum atomic E-state index is -1.01. The number of carbonyl (C=O) groups is 2. The first-order valence-corrected chi connectivity index (χ1v) is 10.4. The summed E-state index contributed by atoms with van der Waals surface area (Å²) in [6.45, 7) is 4.20. The molecule has 0 aromatic heterocycles. The van der Waals surface area contributed by atoms with Crippen LogP contribution in [0.2, 0.25) is 0 Å². The van der Waals surface area contributed by atoms with Gasteiger partial charge in [0.05, 0.1) is 19.3 Å². The fourth-order valence-electron chi connectivity index (χ4n) is 4.21. The van der Waals surface area contributed by atoms with Gasteiger partial charge in [-0.2, -0.15) is 0 Å². The van der Waals surface area contributed by atoms with E-state index in [1.807, 2.05) is 18.2 Å². The smallest absolute Gasteiger partial charge is 0.313 e. The molecule has 0 bridgehead atoms. The van der Waals surface area contributed by atoms with Crippen molar-refractivity contribution in [1.82, 2.24) is 0 Å². The van der Waals surface area contributed by atoms with E-state index in [0.29, 0.717) is 0 Å². The Hall–Kier alpha value is -2.99. The Labute approximate surface area is 182 Å². The zero-order valence-corrected chi connectivity index (χ0v) is 18.0. The Morgan fingerprint density at radius 1 is 1.16 bits per heavy atom. The lowest BCUT2D eigenvalue weighted by Crippen LogP contribution is -2.38. The van der Waals surface area contributed by atoms with E-state index >= 15 is 0 Å². The number of ether oxygens (including phenoxy) is 1. The summed E-state index contributed by atoms with van der Waals surface area (Å²) in [4.78, 5) is 25.5. The van der Waals surface area contributed by atoms with Crippen molar-refractivity contribution in [3.8, 4) is 0 Å². The van der Waals surface area contributed by atoms with E-state index in [1.54, 1.807) is 18.2 Å². The van der Waals surface area contributed by atoms with Gasteiger partial charge in [0, 0.05) is 24.1 Å². The number of methoxy groups -OCH3 is 1. The molecule has 6 heteroatoms. The fourth-order valence-corrected chi connectivity index (χ4v) is 4.21. The number of aliphatic hydroxyl groups excluding tert-OH is 1. The van der Waals surface area contributed by atoms with Crippen molar-refractivity contribution in [2.45, 2.75) is 50.8 Å². The number of benzene rings is 2. The number of fused-ring (bicyclic) bond motifs is 1. The number of hydrogen-bond acceptors (Lipinski definition) is 5. The Morgan fingerprint density at radius 3 is 2.48 bits per heavy atom. The van der Waals surface area contributed by atoms with Crippen molar-refractivity contribution in [3.05, 3.63) is 77.6 Å². The second-order valence-electron chi connectivity index (χ2n) is 8.03. The molecular formula is C25H28FNO4. The molecule has 0 aliphatic carbocycles. The number of hydrogen-bond donors (Lipinski definition) is 1. The summed E-state index contributed by atoms with van der Waals surface area (Å²) < 4.78 is 18.0. The molecule has 3 unspecified atom stereocenters. The first-order chi connectivity index (χ1) is 14.8. The number of anilines is 1. The Morgan fingerprint density at radius 2 is 1.84 bits per heavy atom. The molecule has 2 aromatic carbocycles. The summed E-state index contributed by atoms with van der Waals surface area (Å²) in [6, 6.07) is 14.7. The van der Waals surface area contributed by atoms with Gasteiger partial charge in [0.25, 0.3) is 0 Å². The van der Waals surface area contributed by atoms with Gasteiger partial charge in [0.1, 0.15) is 18.0 Å². The van der Waals surface area contributed by atoms with Crippen LogP contribution in [0, 0.1) is 5.82 Å². The number of Topliss-reactive ketones (excluding diaryl/α,β-unsaturated/α-hetero) is 1. The molecule has 0 spiro atoms. The number of rotatable bonds is 8. The van der Waals surface area contributed by atoms with E-state index in [0.717, 1.165) is 16.8 Å². The molecule has 0 saturated heterocycles. The van der Waals surface area contributed by atoms with Gasteiger partial charge in [0.15, 0.2) is 0 Å². The lowest BCUT2D eigenvalue weighted by molar-refractivity contribution is -0.143. The minimum Gasteiger partial charge on any atom is -0.469 e. The third kappa shape index (κ3) is 5.20. The predicted molar refractivity (Wildman–Crippen MR) is 117 cm³/mol. The van der Waals surface area contributed by atoms with Gasteiger partial charge in [-0.05, 0) is 43.2 Å². The van der Waals surface area contributed by atoms with Crippen molar-refractivity contribution >= 4 is 17.4 Å². The zero-order chi connectivity index (χ0) is 22.5. The number of para-hydroxylation sites is 1. The average molecular weight is 426 g/mol. The molecule has 5 nitrogen and oxygen atoms in total. The molecule has 3 atom stereocenters. The van der Waals surface area contributed by atoms with E-state index in [9.17, 15) is 19.1 Å². The van der Waals surface area contributed by atoms with E-state index in [4.69, 9.17) is 0 Å². The SMILES string of the molecule is COC(=O)CC(=O)CC(O)C=CC1C(c2ccc(F)cc2)c2ccccc2N1C(C)C. The van der Waals surface area contributed by atoms with Gasteiger partial charge >= 0.3 is 5.97 Å². The molecule has 31 heavy (non-hydrogen) atoms. The average Bonchev–Trinajstić information content (AvgIpc) is 3.07. The number of ketones is 1. The molecule has 0 fully saturated rings. The van der Waals surface area contributed by atoms with Crippen LogP contribution < -0.4 is 4.90 Å². The van der Waals surface area contributed by atoms with Crippen LogP contribution in [0.3, 0.4) is 0 Å². The Bertz CT molecular complexity index is 954. The van der Waals surface area contributed by atoms with Crippen molar-refractivity contribution in [2.75, 3.05) is 12.0 Å². The summed E-state index contributed by atoms with van der Waals surface area (Å²) in [5, 5.41) is 10.4. The van der Waals surface area contributed by atoms with Crippen LogP contribution in [0.4, 0.5) is 10.1 Å². The second kappa shape index (κ2) is 9.88. The highest BCUT2D eigenvalue weighted by Gasteiger charge is 2.38. The van der Waals surface area contributed by atoms with Crippen LogP contribution >= 0.6 is 0 Å². The Balaban J connectivity index is 1.89. The van der Waals surface area contributed by atoms with Crippen LogP contribution in [0.5, 0.6) is 0 Å². The maximum absolute atomic E-state index is 13.5. The maximum Gasteiger partial charge on any atom is 0.313 e. The maximum atomic E-state index is 13.5. The van der Waals surface area contributed by atoms with Crippen molar-refractivity contribution in [3.63, 3.8) is 0 Å². The lowest BCUT2D eigenvalue weighted by Gasteiger charge is -2.32. The second-order valence-corrected chi connectivity index (χ2v) is 8.03. The first-order valence-electron chi connectivity index (χ1n) is 10.4. The Kier molecular flexibility index (Phi) is 7.23. The van der Waals surface area contributed by atoms with Crippen LogP contribution in [-0.2, 0) is 14.3 Å². The van der Waals surface area contributed by atoms with Crippen molar-refractivity contribution < 1.29 is 23.8 Å². The highest BCUT2D eigenvalue weighted by Crippen LogP contribution is 2.46. The molecule has 0 saturated carbocycles. The highest BCUT2D eigenvalue weighted by molar-refractivity contribution is 5.95. The van der Waals surface area contributed by atoms with Crippen LogP contribution in [-0.4, -0.2) is 42.2 Å². The predicted octanol–water partition coefficient (Wildman–Crippen LogP) is 3.99. The minimum absolute atomic E-state index is 0.0478. The van der Waals surface area contributed by atoms with Crippen LogP contribution in [0.25, 0.3) is 0 Å². The third-order valence-corrected chi connectivity index (χ3v) is 5.53. The number of aliphatic hydroxyl groups is 1. The summed E-state index contributed by atoms with van der Waals surface area (Å²) >= 11 is 0. The van der Waals surface area contributed by atoms with Gasteiger partial charge in [-0.25, -0.2) is 4.39 Å². The van der Waals surface area contributed by atoms with E-state index < -0.39 is 12.1 Å². The molecule has 2 aromatic rings. The lowest BCUT2D eigenvalue weighted by atomic mass is 9.87. The molecule has 3 rings (SSSR count). The zero-order valence-electron chi connectivity index (χ0n) is 18.0. The topological polar surface area (TPSA) is 66.8 Å². The van der Waals surface area contributed by atoms with E-state index in [2.05, 4.69) is 35.6 Å². The number of nitrogens with zero attached hydrogens (tertiary/aromatic N) is 1. The number of halogens is 1. The molecule has 1 heterocycles. The summed E-state index contributed by atoms with van der Waals surface area (Å²) in [5.74, 6) is -1.33. The van der Waals surface area contributed by atoms with Gasteiger partial charge in [-0.15, -0.1) is 0 Å². The van der Waals surface area contributed by atoms with Crippen molar-refractivity contribution in [2.24, 2.45) is 0 Å². The molecular weight excluding hydrogens is 397 g/mol. The van der Waals surface area contributed by atoms with Gasteiger partial charge < -0.3 is 14.7 Å². The highest BCUT2D eigenvalue weighted by atomic mass is 19.1. The van der Waals surface area contributed by atoms with Gasteiger partial charge in [0.2, 0.25) is 0 Å². The first kappa shape index (κ1) is 22.7. The van der Waals surface area contributed by atoms with E-state index in [1.165, 1.54) is 19.2 Å². The van der Waals surface area contributed by atoms with Gasteiger partial charge in [-0.1, -0.05) is 42.5 Å². The van der Waals surface area contributed by atoms with Crippen LogP contribution in [0.1, 0.15) is 43.7 Å². The summed E-state index contributed by atoms with van der Waals surface area (Å²) in [7, 11) is 1.22. The largest absolute Gasteiger partial charge is 0.469 e. The molecule has 1 aliphatic heterocycles. The number of esters is 1. The molecule has 1 N–H and O–H groups in total. The molecule has 1 aliphatic rings. The quantitative estimate of drug-likeness (QED) is 0.394. The van der Waals surface area contributed by atoms with Gasteiger partial charge in [-0.3, -0.25) is 9.59 Å². The van der Waals surface area contributed by atoms with E-state index in [-0.39, 0.29) is 42.4 Å². The van der Waals surface area contributed by atoms with Crippen LogP contribution in [0.15, 0.2) is 60.7 Å². The standard InChI is InChI=1S/C25H28FNO4/c1-16(2)27-22-7-5-4-6-21(22)25(17-8-10-18(26)11-9-17)23(27)13-12-19(28)14-20(29)15-24(30)31-3/h4-13,16,19,23,25,28H,14-15H2,1-3H3. The molecule has 164 valence electrons. The molecule has 0 radical (unpaired) electrons. The van der Waals surface area contributed by atoms with Crippen molar-refractivity contribution in [1.29, 1.82) is 0 Å². The summed E-state index contributed by atoms with van der Waals surface area (Å²) in [5.41, 5.74) is 3.20. The number of carbonyl (C=O) groups excluding carboxylic acids is 2. The summed E-state index contributed by atoms with van der Waals surface area (Å²) in [6.07, 6.45) is 1.99. The normalized spacial score (nSPS) is 19.0. The fraction of sp³-hybridized carbons (Fsp3) is 0.360. The third-order valence-electron chi connectivity index (χ3n) is 5.53.